The van der Waals surface area contributed by atoms with E-state index in [0.717, 1.165) is 11.8 Å². The Kier molecular flexibility index (Phi) is 10.9. The molecule has 0 spiro atoms. The number of rotatable bonds is 11. The van der Waals surface area contributed by atoms with Crippen LogP contribution in [0, 0.1) is 0 Å². The number of ether oxygens (including phenoxy) is 5. The van der Waals surface area contributed by atoms with Crippen LogP contribution >= 0.6 is 11.8 Å². The SMILES string of the molecule is O=C(OC[C@H]1O[C@@H](Sc2nc3ccccc3o2)[C@@H](OC(=O)c2ccccc2)[C@@H](OC(=O)c2ccccc2)[C@@H]1OC(=O)c1ccccc1)c1ccccc1. The Hall–Kier alpha value is -6.24. The average Bonchev–Trinajstić information content (AvgIpc) is 3.63. The first-order valence-electron chi connectivity index (χ1n) is 16.6. The van der Waals surface area contributed by atoms with Gasteiger partial charge in [-0.25, -0.2) is 24.2 Å². The van der Waals surface area contributed by atoms with Crippen molar-refractivity contribution in [1.82, 2.24) is 4.98 Å². The number of hydrogen-bond donors (Lipinski definition) is 0. The molecule has 11 nitrogen and oxygen atoms in total. The van der Waals surface area contributed by atoms with E-state index in [1.807, 2.05) is 6.07 Å². The Labute approximate surface area is 307 Å². The van der Waals surface area contributed by atoms with Crippen molar-refractivity contribution >= 4 is 46.7 Å². The molecule has 0 unspecified atom stereocenters. The van der Waals surface area contributed by atoms with Crippen molar-refractivity contribution in [3.05, 3.63) is 168 Å². The molecule has 2 heterocycles. The molecule has 12 heteroatoms. The van der Waals surface area contributed by atoms with Gasteiger partial charge < -0.3 is 28.1 Å². The van der Waals surface area contributed by atoms with E-state index < -0.39 is 60.3 Å². The lowest BCUT2D eigenvalue weighted by Crippen LogP contribution is -2.61. The maximum absolute atomic E-state index is 13.8. The molecule has 0 saturated carbocycles. The van der Waals surface area contributed by atoms with Crippen LogP contribution in [0.1, 0.15) is 41.4 Å². The number of fused-ring (bicyclic) bond motifs is 1. The minimum Gasteiger partial charge on any atom is -0.459 e. The van der Waals surface area contributed by atoms with Crippen molar-refractivity contribution in [2.24, 2.45) is 0 Å². The lowest BCUT2D eigenvalue weighted by molar-refractivity contribution is -0.207. The molecule has 0 radical (unpaired) electrons. The highest BCUT2D eigenvalue weighted by molar-refractivity contribution is 7.99. The third kappa shape index (κ3) is 8.46. The first-order chi connectivity index (χ1) is 25.9. The molecule has 0 bridgehead atoms. The molecule has 7 rings (SSSR count). The highest BCUT2D eigenvalue weighted by Crippen LogP contribution is 2.39. The molecule has 5 atom stereocenters. The third-order valence-corrected chi connectivity index (χ3v) is 9.22. The largest absolute Gasteiger partial charge is 0.459 e. The van der Waals surface area contributed by atoms with E-state index in [4.69, 9.17) is 28.1 Å². The number of para-hydroxylation sites is 2. The summed E-state index contributed by atoms with van der Waals surface area (Å²) in [6.07, 6.45) is -5.59. The number of nitrogens with zero attached hydrogens (tertiary/aromatic N) is 1. The van der Waals surface area contributed by atoms with Gasteiger partial charge in [0.15, 0.2) is 29.3 Å². The highest BCUT2D eigenvalue weighted by Gasteiger charge is 2.54. The average molecular weight is 730 g/mol. The maximum Gasteiger partial charge on any atom is 0.338 e. The van der Waals surface area contributed by atoms with E-state index in [9.17, 15) is 19.2 Å². The lowest BCUT2D eigenvalue weighted by Gasteiger charge is -2.44. The fourth-order valence-electron chi connectivity index (χ4n) is 5.62. The van der Waals surface area contributed by atoms with Gasteiger partial charge in [-0.2, -0.15) is 0 Å². The highest BCUT2D eigenvalue weighted by atomic mass is 32.2. The van der Waals surface area contributed by atoms with E-state index in [1.54, 1.807) is 140 Å². The number of aromatic nitrogens is 1. The summed E-state index contributed by atoms with van der Waals surface area (Å²) in [5.74, 6) is -2.99. The van der Waals surface area contributed by atoms with Crippen molar-refractivity contribution in [1.29, 1.82) is 0 Å². The number of carbonyl (C=O) groups excluding carboxylic acids is 4. The fourth-order valence-corrected chi connectivity index (χ4v) is 6.65. The standard InChI is InChI=1S/C41H31NO10S/c43-36(26-15-5-1-6-16-26)47-25-32-33(50-37(44)27-17-7-2-8-18-27)34(51-38(45)28-19-9-3-10-20-28)35(52-39(46)29-21-11-4-12-22-29)40(48-32)53-41-42-30-23-13-14-24-31(30)49-41/h1-24,32-35,40H,25H2/t32-,33-,34+,35+,40+/m1/s1. The molecule has 1 saturated heterocycles. The van der Waals surface area contributed by atoms with Crippen molar-refractivity contribution in [2.75, 3.05) is 6.61 Å². The molecule has 1 aliphatic rings. The van der Waals surface area contributed by atoms with Crippen LogP contribution < -0.4 is 0 Å². The van der Waals surface area contributed by atoms with Crippen LogP contribution in [0.3, 0.4) is 0 Å². The summed E-state index contributed by atoms with van der Waals surface area (Å²) in [6, 6.07) is 40.0. The number of esters is 4. The summed E-state index contributed by atoms with van der Waals surface area (Å²) in [6.45, 7) is -0.441. The van der Waals surface area contributed by atoms with E-state index in [-0.39, 0.29) is 27.5 Å². The molecule has 1 aliphatic heterocycles. The first-order valence-corrected chi connectivity index (χ1v) is 17.5. The monoisotopic (exact) mass is 729 g/mol. The van der Waals surface area contributed by atoms with Crippen molar-refractivity contribution in [3.8, 4) is 0 Å². The number of benzene rings is 5. The van der Waals surface area contributed by atoms with Gasteiger partial charge in [-0.1, -0.05) is 84.9 Å². The Balaban J connectivity index is 1.30. The van der Waals surface area contributed by atoms with Gasteiger partial charge in [-0.15, -0.1) is 0 Å². The summed E-state index contributed by atoms with van der Waals surface area (Å²) in [7, 11) is 0. The van der Waals surface area contributed by atoms with Gasteiger partial charge in [-0.3, -0.25) is 0 Å². The van der Waals surface area contributed by atoms with E-state index in [0.29, 0.717) is 11.1 Å². The zero-order valence-corrected chi connectivity index (χ0v) is 28.7. The zero-order chi connectivity index (χ0) is 36.6. The van der Waals surface area contributed by atoms with E-state index >= 15 is 0 Å². The first kappa shape index (κ1) is 35.2. The topological polar surface area (TPSA) is 140 Å². The molecule has 0 amide bonds. The number of thioether (sulfide) groups is 1. The van der Waals surface area contributed by atoms with Gasteiger partial charge >= 0.3 is 23.9 Å². The summed E-state index contributed by atoms with van der Waals surface area (Å²) >= 11 is 0.964. The summed E-state index contributed by atoms with van der Waals surface area (Å²) in [5, 5.41) is 0.157. The molecular formula is C41H31NO10S. The van der Waals surface area contributed by atoms with Gasteiger partial charge in [-0.05, 0) is 72.4 Å². The van der Waals surface area contributed by atoms with Crippen LogP contribution in [0.25, 0.3) is 11.1 Å². The molecule has 53 heavy (non-hydrogen) atoms. The molecule has 0 aliphatic carbocycles. The van der Waals surface area contributed by atoms with Crippen LogP contribution in [0.4, 0.5) is 0 Å². The van der Waals surface area contributed by atoms with Gasteiger partial charge in [0, 0.05) is 0 Å². The number of carbonyl (C=O) groups is 4. The molecule has 6 aromatic rings. The number of oxazole rings is 1. The molecule has 1 aromatic heterocycles. The summed E-state index contributed by atoms with van der Waals surface area (Å²) < 4.78 is 36.6. The van der Waals surface area contributed by atoms with Crippen LogP contribution in [0.15, 0.2) is 155 Å². The molecule has 266 valence electrons. The fraction of sp³-hybridized carbons (Fsp3) is 0.146. The quantitative estimate of drug-likeness (QED) is 0.0986. The second kappa shape index (κ2) is 16.4. The Morgan fingerprint density at radius 2 is 0.962 bits per heavy atom. The third-order valence-electron chi connectivity index (χ3n) is 8.23. The van der Waals surface area contributed by atoms with Gasteiger partial charge in [0.1, 0.15) is 18.2 Å². The van der Waals surface area contributed by atoms with Crippen molar-refractivity contribution in [3.63, 3.8) is 0 Å². The lowest BCUT2D eigenvalue weighted by atomic mass is 9.98. The molecule has 1 fully saturated rings. The van der Waals surface area contributed by atoms with E-state index in [2.05, 4.69) is 4.98 Å². The van der Waals surface area contributed by atoms with Gasteiger partial charge in [0.25, 0.3) is 5.22 Å². The molecule has 5 aromatic carbocycles. The summed E-state index contributed by atoms with van der Waals surface area (Å²) in [5.41, 5.74) is 0.758. The second-order valence-corrected chi connectivity index (χ2v) is 12.8. The predicted molar refractivity (Wildman–Crippen MR) is 192 cm³/mol. The predicted octanol–water partition coefficient (Wildman–Crippen LogP) is 7.18. The van der Waals surface area contributed by atoms with Crippen LogP contribution in [-0.4, -0.2) is 65.3 Å². The maximum atomic E-state index is 13.8. The Morgan fingerprint density at radius 3 is 1.47 bits per heavy atom. The minimum atomic E-state index is -1.49. The normalized spacial score (nSPS) is 19.5. The summed E-state index contributed by atoms with van der Waals surface area (Å²) in [4.78, 5) is 58.9. The Bertz CT molecular complexity index is 2150. The Morgan fingerprint density at radius 1 is 0.528 bits per heavy atom. The zero-order valence-electron chi connectivity index (χ0n) is 27.9. The van der Waals surface area contributed by atoms with Gasteiger partial charge in [0.05, 0.1) is 22.3 Å². The smallest absolute Gasteiger partial charge is 0.338 e. The van der Waals surface area contributed by atoms with Crippen LogP contribution in [-0.2, 0) is 23.7 Å². The minimum absolute atomic E-state index is 0.157. The second-order valence-electron chi connectivity index (χ2n) is 11.8. The van der Waals surface area contributed by atoms with Crippen LogP contribution in [0.5, 0.6) is 0 Å². The van der Waals surface area contributed by atoms with Crippen LogP contribution in [0.2, 0.25) is 0 Å². The molecule has 0 N–H and O–H groups in total. The molecular weight excluding hydrogens is 699 g/mol. The van der Waals surface area contributed by atoms with Crippen molar-refractivity contribution in [2.45, 2.75) is 35.1 Å². The number of hydrogen-bond acceptors (Lipinski definition) is 12. The van der Waals surface area contributed by atoms with Gasteiger partial charge in [0.2, 0.25) is 0 Å². The van der Waals surface area contributed by atoms with E-state index in [1.165, 1.54) is 0 Å². The van der Waals surface area contributed by atoms with Crippen molar-refractivity contribution < 1.29 is 47.3 Å².